The van der Waals surface area contributed by atoms with Gasteiger partial charge in [-0.15, -0.1) is 0 Å². The summed E-state index contributed by atoms with van der Waals surface area (Å²) in [7, 11) is -3.28. The molecule has 38 heavy (non-hydrogen) atoms. The fourth-order valence-electron chi connectivity index (χ4n) is 3.48. The first-order valence-corrected chi connectivity index (χ1v) is 14.9. The third-order valence-electron chi connectivity index (χ3n) is 5.23. The zero-order valence-electron chi connectivity index (χ0n) is 22.2. The molecule has 0 aliphatic carbocycles. The molecule has 2 aromatic carbocycles. The van der Waals surface area contributed by atoms with Gasteiger partial charge in [0.1, 0.15) is 5.60 Å². The normalized spacial score (nSPS) is 11.6. The van der Waals surface area contributed by atoms with Crippen molar-refractivity contribution in [1.82, 2.24) is 10.3 Å². The van der Waals surface area contributed by atoms with Gasteiger partial charge >= 0.3 is 12.2 Å². The van der Waals surface area contributed by atoms with Crippen molar-refractivity contribution in [2.45, 2.75) is 57.5 Å². The smallest absolute Gasteiger partial charge is 0.414 e. The number of hydrogen-bond acceptors (Lipinski definition) is 8. The van der Waals surface area contributed by atoms with E-state index in [1.807, 2.05) is 24.3 Å². The molecule has 2 N–H and O–H groups in total. The van der Waals surface area contributed by atoms with E-state index in [2.05, 4.69) is 15.6 Å². The van der Waals surface area contributed by atoms with Gasteiger partial charge in [0.2, 0.25) is 0 Å². The lowest BCUT2D eigenvalue weighted by molar-refractivity contribution is 0.0636. The summed E-state index contributed by atoms with van der Waals surface area (Å²) < 4.78 is 34.2. The standard InChI is InChI=1S/C27H33N3O6S2/c1-6-28-24(31)35-26-30-22(23(37-26)17-19-9-14-21(15-10-19)38(5,33)34)16-11-18-7-12-20(13-8-18)29-25(32)36-27(2,3)4/h7-10,12-15H,6,11,16-17H2,1-5H3,(H,28,31)(H,29,32). The molecule has 1 heterocycles. The average molecular weight is 560 g/mol. The van der Waals surface area contributed by atoms with E-state index in [0.29, 0.717) is 31.5 Å². The van der Waals surface area contributed by atoms with Gasteiger partial charge in [-0.25, -0.2) is 23.0 Å². The number of nitrogens with zero attached hydrogens (tertiary/aromatic N) is 1. The number of rotatable bonds is 9. The maximum absolute atomic E-state index is 12.0. The fraction of sp³-hybridized carbons (Fsp3) is 0.370. The van der Waals surface area contributed by atoms with Crippen LogP contribution in [0.25, 0.3) is 0 Å². The minimum Gasteiger partial charge on any atom is -0.444 e. The van der Waals surface area contributed by atoms with Crippen LogP contribution in [0.4, 0.5) is 15.3 Å². The largest absolute Gasteiger partial charge is 0.444 e. The van der Waals surface area contributed by atoms with Gasteiger partial charge in [-0.2, -0.15) is 0 Å². The molecule has 11 heteroatoms. The number of thiazole rings is 1. The molecular weight excluding hydrogens is 526 g/mol. The second-order valence-electron chi connectivity index (χ2n) is 9.69. The lowest BCUT2D eigenvalue weighted by Gasteiger charge is -2.19. The van der Waals surface area contributed by atoms with Crippen molar-refractivity contribution >= 4 is 39.0 Å². The van der Waals surface area contributed by atoms with Gasteiger partial charge in [-0.1, -0.05) is 35.6 Å². The Labute approximate surface area is 227 Å². The zero-order valence-corrected chi connectivity index (χ0v) is 23.8. The van der Waals surface area contributed by atoms with Crippen LogP contribution in [0.3, 0.4) is 0 Å². The Morgan fingerprint density at radius 3 is 2.16 bits per heavy atom. The second kappa shape index (κ2) is 12.4. The first kappa shape index (κ1) is 29.1. The molecule has 0 radical (unpaired) electrons. The molecule has 2 amide bonds. The molecule has 0 atom stereocenters. The van der Waals surface area contributed by atoms with Crippen molar-refractivity contribution in [3.8, 4) is 5.19 Å². The molecular formula is C27H33N3O6S2. The zero-order chi connectivity index (χ0) is 27.9. The summed E-state index contributed by atoms with van der Waals surface area (Å²) in [6.07, 6.45) is 1.90. The van der Waals surface area contributed by atoms with Gasteiger partial charge < -0.3 is 14.8 Å². The van der Waals surface area contributed by atoms with Crippen LogP contribution in [0.2, 0.25) is 0 Å². The Bertz CT molecular complexity index is 1360. The van der Waals surface area contributed by atoms with E-state index in [1.165, 1.54) is 17.6 Å². The molecule has 3 rings (SSSR count). The van der Waals surface area contributed by atoms with Gasteiger partial charge in [0.05, 0.1) is 10.6 Å². The first-order chi connectivity index (χ1) is 17.8. The summed E-state index contributed by atoms with van der Waals surface area (Å²) in [5.41, 5.74) is 2.82. The number of ether oxygens (including phenoxy) is 2. The Balaban J connectivity index is 1.72. The van der Waals surface area contributed by atoms with Crippen molar-refractivity contribution in [3.63, 3.8) is 0 Å². The number of nitrogens with one attached hydrogen (secondary N) is 2. The van der Waals surface area contributed by atoms with Gasteiger partial charge in [-0.3, -0.25) is 5.32 Å². The van der Waals surface area contributed by atoms with Gasteiger partial charge in [0, 0.05) is 29.8 Å². The summed E-state index contributed by atoms with van der Waals surface area (Å²) in [5, 5.41) is 5.56. The number of anilines is 1. The monoisotopic (exact) mass is 559 g/mol. The number of aryl methyl sites for hydroxylation is 2. The summed E-state index contributed by atoms with van der Waals surface area (Å²) in [4.78, 5) is 29.7. The molecule has 0 saturated heterocycles. The van der Waals surface area contributed by atoms with Crippen LogP contribution in [0.5, 0.6) is 5.19 Å². The molecule has 0 fully saturated rings. The Morgan fingerprint density at radius 2 is 1.58 bits per heavy atom. The van der Waals surface area contributed by atoms with E-state index in [4.69, 9.17) is 9.47 Å². The number of benzene rings is 2. The number of amides is 2. The average Bonchev–Trinajstić information content (AvgIpc) is 3.18. The van der Waals surface area contributed by atoms with E-state index in [-0.39, 0.29) is 10.1 Å². The van der Waals surface area contributed by atoms with E-state index in [1.54, 1.807) is 52.0 Å². The van der Waals surface area contributed by atoms with Crippen LogP contribution in [-0.2, 0) is 33.8 Å². The molecule has 3 aromatic rings. The van der Waals surface area contributed by atoms with E-state index < -0.39 is 27.6 Å². The maximum atomic E-state index is 12.0. The number of aromatic nitrogens is 1. The number of carbonyl (C=O) groups is 2. The molecule has 1 aromatic heterocycles. The lowest BCUT2D eigenvalue weighted by Crippen LogP contribution is -2.27. The summed E-state index contributed by atoms with van der Waals surface area (Å²) in [6, 6.07) is 14.2. The van der Waals surface area contributed by atoms with Crippen LogP contribution in [0.15, 0.2) is 53.4 Å². The van der Waals surface area contributed by atoms with E-state index in [9.17, 15) is 18.0 Å². The molecule has 0 bridgehead atoms. The van der Waals surface area contributed by atoms with Crippen LogP contribution in [-0.4, -0.2) is 44.0 Å². The molecule has 0 spiro atoms. The van der Waals surface area contributed by atoms with Crippen LogP contribution >= 0.6 is 11.3 Å². The van der Waals surface area contributed by atoms with Crippen molar-refractivity contribution in [2.75, 3.05) is 18.1 Å². The van der Waals surface area contributed by atoms with Crippen LogP contribution in [0.1, 0.15) is 49.4 Å². The maximum Gasteiger partial charge on any atom is 0.414 e. The molecule has 9 nitrogen and oxygen atoms in total. The molecule has 204 valence electrons. The third kappa shape index (κ3) is 9.14. The third-order valence-corrected chi connectivity index (χ3v) is 7.33. The Kier molecular flexibility index (Phi) is 9.50. The highest BCUT2D eigenvalue weighted by molar-refractivity contribution is 7.90. The SMILES string of the molecule is CCNC(=O)Oc1nc(CCc2ccc(NC(=O)OC(C)(C)C)cc2)c(Cc2ccc(S(C)(=O)=O)cc2)s1. The number of carbonyl (C=O) groups excluding carboxylic acids is 2. The summed E-state index contributed by atoms with van der Waals surface area (Å²) in [5.74, 6) is 0. The van der Waals surface area contributed by atoms with E-state index >= 15 is 0 Å². The molecule has 0 saturated carbocycles. The fourth-order valence-corrected chi connectivity index (χ4v) is 5.09. The highest BCUT2D eigenvalue weighted by Gasteiger charge is 2.17. The van der Waals surface area contributed by atoms with Gasteiger partial charge in [-0.05, 0) is 75.9 Å². The molecule has 0 aliphatic rings. The lowest BCUT2D eigenvalue weighted by atomic mass is 10.0. The predicted molar refractivity (Wildman–Crippen MR) is 148 cm³/mol. The number of sulfone groups is 1. The van der Waals surface area contributed by atoms with Crippen molar-refractivity contribution in [1.29, 1.82) is 0 Å². The minimum absolute atomic E-state index is 0.255. The molecule has 0 unspecified atom stereocenters. The molecule has 0 aliphatic heterocycles. The van der Waals surface area contributed by atoms with Gasteiger partial charge in [0.15, 0.2) is 9.84 Å². The Morgan fingerprint density at radius 1 is 0.947 bits per heavy atom. The van der Waals surface area contributed by atoms with Crippen molar-refractivity contribution < 1.29 is 27.5 Å². The van der Waals surface area contributed by atoms with Crippen LogP contribution < -0.4 is 15.4 Å². The highest BCUT2D eigenvalue weighted by atomic mass is 32.2. The number of hydrogen-bond donors (Lipinski definition) is 2. The Hall–Kier alpha value is -3.44. The first-order valence-electron chi connectivity index (χ1n) is 12.1. The minimum atomic E-state index is -3.28. The highest BCUT2D eigenvalue weighted by Crippen LogP contribution is 2.29. The summed E-state index contributed by atoms with van der Waals surface area (Å²) >= 11 is 1.29. The van der Waals surface area contributed by atoms with Gasteiger partial charge in [0.25, 0.3) is 5.19 Å². The van der Waals surface area contributed by atoms with Crippen molar-refractivity contribution in [3.05, 3.63) is 70.2 Å². The topological polar surface area (TPSA) is 124 Å². The quantitative estimate of drug-likeness (QED) is 0.361. The van der Waals surface area contributed by atoms with Crippen LogP contribution in [0, 0.1) is 0 Å². The van der Waals surface area contributed by atoms with E-state index in [0.717, 1.165) is 21.7 Å². The predicted octanol–water partition coefficient (Wildman–Crippen LogP) is 5.38. The summed E-state index contributed by atoms with van der Waals surface area (Å²) in [6.45, 7) is 7.66. The second-order valence-corrected chi connectivity index (χ2v) is 12.7. The van der Waals surface area contributed by atoms with Crippen molar-refractivity contribution in [2.24, 2.45) is 0 Å².